The molecule has 0 aliphatic rings. The van der Waals surface area contributed by atoms with Gasteiger partial charge in [0.05, 0.1) is 4.90 Å². The van der Waals surface area contributed by atoms with Crippen LogP contribution in [0.3, 0.4) is 0 Å². The number of hydrogen-bond acceptors (Lipinski definition) is 4. The second-order valence-electron chi connectivity index (χ2n) is 4.61. The summed E-state index contributed by atoms with van der Waals surface area (Å²) in [6, 6.07) is 7.06. The molecule has 1 aromatic carbocycles. The third-order valence-corrected chi connectivity index (χ3v) is 4.43. The molecule has 0 spiro atoms. The van der Waals surface area contributed by atoms with Gasteiger partial charge in [-0.05, 0) is 52.2 Å². The second kappa shape index (κ2) is 5.93. The van der Waals surface area contributed by atoms with Crippen LogP contribution in [0.15, 0.2) is 46.0 Å². The summed E-state index contributed by atoms with van der Waals surface area (Å²) >= 11 is 3.37. The third kappa shape index (κ3) is 3.80. The lowest BCUT2D eigenvalue weighted by atomic mass is 10.2. The Labute approximate surface area is 127 Å². The molecule has 0 bridgehead atoms. The average molecular weight is 355 g/mol. The molecule has 1 N–H and O–H groups in total. The highest BCUT2D eigenvalue weighted by molar-refractivity contribution is 9.10. The van der Waals surface area contributed by atoms with Crippen LogP contribution in [0, 0.1) is 6.92 Å². The van der Waals surface area contributed by atoms with E-state index >= 15 is 0 Å². The van der Waals surface area contributed by atoms with Crippen LogP contribution >= 0.6 is 15.9 Å². The molecule has 106 valence electrons. The van der Waals surface area contributed by atoms with Gasteiger partial charge in [0.2, 0.25) is 0 Å². The van der Waals surface area contributed by atoms with Crippen molar-refractivity contribution < 1.29 is 8.42 Å². The van der Waals surface area contributed by atoms with E-state index in [4.69, 9.17) is 0 Å². The number of aromatic nitrogens is 1. The van der Waals surface area contributed by atoms with Crippen LogP contribution in [0.4, 0.5) is 5.69 Å². The predicted octanol–water partition coefficient (Wildman–Crippen LogP) is 3.17. The normalized spacial score (nSPS) is 11.3. The number of benzene rings is 1. The SMILES string of the molecule is Cc1ccc(S(C)(=O)=O)cc1NCc1cncc(Br)c1. The van der Waals surface area contributed by atoms with Gasteiger partial charge in [0.15, 0.2) is 9.84 Å². The minimum absolute atomic E-state index is 0.318. The van der Waals surface area contributed by atoms with Gasteiger partial charge in [0.25, 0.3) is 0 Å². The molecule has 0 aliphatic carbocycles. The molecule has 0 amide bonds. The second-order valence-corrected chi connectivity index (χ2v) is 7.55. The summed E-state index contributed by atoms with van der Waals surface area (Å²) in [5, 5.41) is 3.24. The molecule has 1 heterocycles. The molecule has 6 heteroatoms. The standard InChI is InChI=1S/C14H15BrN2O2S/c1-10-3-4-13(20(2,18)19)6-14(10)17-8-11-5-12(15)9-16-7-11/h3-7,9,17H,8H2,1-2H3. The molecule has 0 unspecified atom stereocenters. The van der Waals surface area contributed by atoms with Crippen molar-refractivity contribution in [3.63, 3.8) is 0 Å². The maximum Gasteiger partial charge on any atom is 0.175 e. The van der Waals surface area contributed by atoms with Crippen LogP contribution in [0.1, 0.15) is 11.1 Å². The van der Waals surface area contributed by atoms with Crippen molar-refractivity contribution in [3.05, 3.63) is 52.3 Å². The first-order valence-electron chi connectivity index (χ1n) is 6.00. The monoisotopic (exact) mass is 354 g/mol. The maximum absolute atomic E-state index is 11.6. The summed E-state index contributed by atoms with van der Waals surface area (Å²) in [5.74, 6) is 0. The van der Waals surface area contributed by atoms with Gasteiger partial charge in [-0.2, -0.15) is 0 Å². The first-order valence-corrected chi connectivity index (χ1v) is 8.69. The van der Waals surface area contributed by atoms with Gasteiger partial charge in [0.1, 0.15) is 0 Å². The number of rotatable bonds is 4. The van der Waals surface area contributed by atoms with E-state index in [0.717, 1.165) is 21.3 Å². The number of halogens is 1. The Hall–Kier alpha value is -1.40. The van der Waals surface area contributed by atoms with E-state index in [-0.39, 0.29) is 0 Å². The van der Waals surface area contributed by atoms with E-state index in [0.29, 0.717) is 11.4 Å². The largest absolute Gasteiger partial charge is 0.381 e. The number of aryl methyl sites for hydroxylation is 1. The van der Waals surface area contributed by atoms with E-state index in [2.05, 4.69) is 26.2 Å². The number of hydrogen-bond donors (Lipinski definition) is 1. The molecule has 0 saturated heterocycles. The van der Waals surface area contributed by atoms with Crippen molar-refractivity contribution in [1.29, 1.82) is 0 Å². The van der Waals surface area contributed by atoms with E-state index in [1.165, 1.54) is 6.26 Å². The molecular weight excluding hydrogens is 340 g/mol. The molecule has 0 saturated carbocycles. The average Bonchev–Trinajstić information content (AvgIpc) is 2.36. The zero-order chi connectivity index (χ0) is 14.8. The van der Waals surface area contributed by atoms with Crippen LogP contribution in [-0.4, -0.2) is 19.7 Å². The Balaban J connectivity index is 2.21. The van der Waals surface area contributed by atoms with Gasteiger partial charge in [-0.25, -0.2) is 8.42 Å². The highest BCUT2D eigenvalue weighted by Crippen LogP contribution is 2.21. The first kappa shape index (κ1) is 15.0. The molecule has 2 rings (SSSR count). The van der Waals surface area contributed by atoms with Crippen LogP contribution in [0.2, 0.25) is 0 Å². The Morgan fingerprint density at radius 1 is 1.25 bits per heavy atom. The predicted molar refractivity (Wildman–Crippen MR) is 83.6 cm³/mol. The van der Waals surface area contributed by atoms with Gasteiger partial charge in [0, 0.05) is 35.4 Å². The fourth-order valence-corrected chi connectivity index (χ4v) is 2.83. The molecule has 0 radical (unpaired) electrons. The minimum atomic E-state index is -3.19. The topological polar surface area (TPSA) is 59.1 Å². The number of anilines is 1. The molecular formula is C14H15BrN2O2S. The fourth-order valence-electron chi connectivity index (χ4n) is 1.77. The lowest BCUT2D eigenvalue weighted by Crippen LogP contribution is -2.04. The number of sulfone groups is 1. The van der Waals surface area contributed by atoms with Gasteiger partial charge in [-0.15, -0.1) is 0 Å². The van der Waals surface area contributed by atoms with Gasteiger partial charge in [-0.1, -0.05) is 6.07 Å². The van der Waals surface area contributed by atoms with Crippen LogP contribution in [0.5, 0.6) is 0 Å². The van der Waals surface area contributed by atoms with Crippen LogP contribution in [-0.2, 0) is 16.4 Å². The highest BCUT2D eigenvalue weighted by Gasteiger charge is 2.09. The van der Waals surface area contributed by atoms with E-state index in [9.17, 15) is 8.42 Å². The molecule has 20 heavy (non-hydrogen) atoms. The Morgan fingerprint density at radius 3 is 2.65 bits per heavy atom. The van der Waals surface area contributed by atoms with Crippen LogP contribution < -0.4 is 5.32 Å². The molecule has 0 aliphatic heterocycles. The fraction of sp³-hybridized carbons (Fsp3) is 0.214. The van der Waals surface area contributed by atoms with Gasteiger partial charge in [-0.3, -0.25) is 4.98 Å². The number of pyridine rings is 1. The zero-order valence-electron chi connectivity index (χ0n) is 11.2. The third-order valence-electron chi connectivity index (χ3n) is 2.88. The van der Waals surface area contributed by atoms with E-state index in [1.54, 1.807) is 30.6 Å². The summed E-state index contributed by atoms with van der Waals surface area (Å²) in [4.78, 5) is 4.41. The smallest absolute Gasteiger partial charge is 0.175 e. The van der Waals surface area contributed by atoms with E-state index in [1.807, 2.05) is 13.0 Å². The summed E-state index contributed by atoms with van der Waals surface area (Å²) in [6.45, 7) is 2.52. The Bertz CT molecular complexity index is 730. The van der Waals surface area contributed by atoms with Gasteiger partial charge < -0.3 is 5.32 Å². The number of nitrogens with zero attached hydrogens (tertiary/aromatic N) is 1. The molecule has 0 fully saturated rings. The summed E-state index contributed by atoms with van der Waals surface area (Å²) in [7, 11) is -3.19. The van der Waals surface area contributed by atoms with Crippen molar-refractivity contribution in [2.75, 3.05) is 11.6 Å². The van der Waals surface area contributed by atoms with E-state index < -0.39 is 9.84 Å². The van der Waals surface area contributed by atoms with Gasteiger partial charge >= 0.3 is 0 Å². The summed E-state index contributed by atoms with van der Waals surface area (Å²) in [6.07, 6.45) is 4.70. The number of nitrogens with one attached hydrogen (secondary N) is 1. The minimum Gasteiger partial charge on any atom is -0.381 e. The lowest BCUT2D eigenvalue weighted by molar-refractivity contribution is 0.602. The summed E-state index contributed by atoms with van der Waals surface area (Å²) < 4.78 is 24.1. The molecule has 0 atom stereocenters. The quantitative estimate of drug-likeness (QED) is 0.915. The molecule has 2 aromatic rings. The lowest BCUT2D eigenvalue weighted by Gasteiger charge is -2.11. The highest BCUT2D eigenvalue weighted by atomic mass is 79.9. The van der Waals surface area contributed by atoms with Crippen molar-refractivity contribution in [2.45, 2.75) is 18.4 Å². The van der Waals surface area contributed by atoms with Crippen molar-refractivity contribution in [2.24, 2.45) is 0 Å². The van der Waals surface area contributed by atoms with Crippen molar-refractivity contribution in [3.8, 4) is 0 Å². The Morgan fingerprint density at radius 2 is 2.00 bits per heavy atom. The maximum atomic E-state index is 11.6. The zero-order valence-corrected chi connectivity index (χ0v) is 13.6. The van der Waals surface area contributed by atoms with Crippen LogP contribution in [0.25, 0.3) is 0 Å². The Kier molecular flexibility index (Phi) is 4.45. The van der Waals surface area contributed by atoms with Crippen molar-refractivity contribution >= 4 is 31.5 Å². The molecule has 4 nitrogen and oxygen atoms in total. The van der Waals surface area contributed by atoms with Crippen molar-refractivity contribution in [1.82, 2.24) is 4.98 Å². The first-order chi connectivity index (χ1) is 9.36. The molecule has 1 aromatic heterocycles. The summed E-state index contributed by atoms with van der Waals surface area (Å²) in [5.41, 5.74) is 2.83.